The zero-order valence-corrected chi connectivity index (χ0v) is 13.2. The lowest BCUT2D eigenvalue weighted by atomic mass is 9.86. The number of nitrogens with zero attached hydrogens (tertiary/aromatic N) is 1. The first-order valence-corrected chi connectivity index (χ1v) is 7.08. The summed E-state index contributed by atoms with van der Waals surface area (Å²) in [4.78, 5) is 13.4. The molecule has 2 rings (SSSR count). The lowest BCUT2D eigenvalue weighted by Crippen LogP contribution is -2.69. The van der Waals surface area contributed by atoms with E-state index in [1.807, 2.05) is 0 Å². The minimum absolute atomic E-state index is 0.119. The van der Waals surface area contributed by atoms with Gasteiger partial charge < -0.3 is 19.5 Å². The van der Waals surface area contributed by atoms with Gasteiger partial charge in [0.1, 0.15) is 11.9 Å². The quantitative estimate of drug-likeness (QED) is 0.485. The van der Waals surface area contributed by atoms with Crippen LogP contribution >= 0.6 is 0 Å². The SMILES string of the molecule is C#CCN1C(=O)[C@H](OC)[C@@H]1[C@H](O)C(=C=C)c1ccc(OC)cc1. The van der Waals surface area contributed by atoms with Crippen molar-refractivity contribution < 1.29 is 19.4 Å². The largest absolute Gasteiger partial charge is 0.497 e. The maximum absolute atomic E-state index is 12.0. The summed E-state index contributed by atoms with van der Waals surface area (Å²) in [6, 6.07) is 6.58. The Morgan fingerprint density at radius 3 is 2.57 bits per heavy atom. The highest BCUT2D eigenvalue weighted by Crippen LogP contribution is 2.32. The molecule has 1 saturated heterocycles. The predicted molar refractivity (Wildman–Crippen MR) is 86.7 cm³/mol. The molecule has 1 fully saturated rings. The summed E-state index contributed by atoms with van der Waals surface area (Å²) in [7, 11) is 3.01. The van der Waals surface area contributed by atoms with Crippen LogP contribution in [0.4, 0.5) is 0 Å². The fourth-order valence-corrected chi connectivity index (χ4v) is 2.71. The Morgan fingerprint density at radius 2 is 2.09 bits per heavy atom. The van der Waals surface area contributed by atoms with Crippen molar-refractivity contribution in [2.75, 3.05) is 20.8 Å². The number of ether oxygens (including phenoxy) is 2. The number of hydrogen-bond donors (Lipinski definition) is 1. The van der Waals surface area contributed by atoms with E-state index in [1.165, 1.54) is 12.0 Å². The highest BCUT2D eigenvalue weighted by atomic mass is 16.5. The van der Waals surface area contributed by atoms with Crippen LogP contribution < -0.4 is 4.74 Å². The van der Waals surface area contributed by atoms with E-state index in [0.29, 0.717) is 11.3 Å². The molecule has 1 heterocycles. The second kappa shape index (κ2) is 7.17. The topological polar surface area (TPSA) is 59.0 Å². The van der Waals surface area contributed by atoms with Crippen LogP contribution in [0.5, 0.6) is 5.75 Å². The second-order valence-corrected chi connectivity index (χ2v) is 5.08. The molecule has 1 amide bonds. The summed E-state index contributed by atoms with van der Waals surface area (Å²) < 4.78 is 10.3. The van der Waals surface area contributed by atoms with Gasteiger partial charge >= 0.3 is 0 Å². The molecule has 23 heavy (non-hydrogen) atoms. The highest BCUT2D eigenvalue weighted by molar-refractivity contribution is 5.90. The van der Waals surface area contributed by atoms with E-state index in [0.717, 1.165) is 5.56 Å². The van der Waals surface area contributed by atoms with E-state index in [4.69, 9.17) is 15.9 Å². The number of terminal acetylenes is 1. The number of aliphatic hydroxyl groups is 1. The monoisotopic (exact) mass is 313 g/mol. The molecule has 1 N–H and O–H groups in total. The lowest BCUT2D eigenvalue weighted by molar-refractivity contribution is -0.175. The van der Waals surface area contributed by atoms with Crippen LogP contribution in [-0.2, 0) is 9.53 Å². The molecule has 1 aromatic rings. The number of methoxy groups -OCH3 is 2. The maximum atomic E-state index is 12.0. The molecule has 0 aliphatic carbocycles. The molecule has 0 spiro atoms. The van der Waals surface area contributed by atoms with Crippen LogP contribution in [0.25, 0.3) is 5.57 Å². The minimum Gasteiger partial charge on any atom is -0.497 e. The number of likely N-dealkylation sites (tertiary alicyclic amines) is 1. The fraction of sp³-hybridized carbons (Fsp3) is 0.333. The molecular weight excluding hydrogens is 294 g/mol. The Hall–Kier alpha value is -2.51. The molecule has 1 aromatic carbocycles. The van der Waals surface area contributed by atoms with Crippen molar-refractivity contribution in [1.82, 2.24) is 4.90 Å². The van der Waals surface area contributed by atoms with E-state index in [9.17, 15) is 9.90 Å². The van der Waals surface area contributed by atoms with Crippen LogP contribution in [0.2, 0.25) is 0 Å². The third-order valence-electron chi connectivity index (χ3n) is 3.92. The molecule has 1 aliphatic heterocycles. The minimum atomic E-state index is -1.00. The van der Waals surface area contributed by atoms with Crippen LogP contribution in [0.3, 0.4) is 0 Å². The van der Waals surface area contributed by atoms with Gasteiger partial charge in [0, 0.05) is 12.7 Å². The van der Waals surface area contributed by atoms with Crippen molar-refractivity contribution in [3.63, 3.8) is 0 Å². The van der Waals surface area contributed by atoms with Gasteiger partial charge in [-0.1, -0.05) is 24.6 Å². The Bertz CT molecular complexity index is 667. The zero-order chi connectivity index (χ0) is 17.0. The van der Waals surface area contributed by atoms with Gasteiger partial charge in [0.15, 0.2) is 6.10 Å². The van der Waals surface area contributed by atoms with Crippen molar-refractivity contribution in [2.24, 2.45) is 0 Å². The molecule has 5 nitrogen and oxygen atoms in total. The van der Waals surface area contributed by atoms with E-state index >= 15 is 0 Å². The number of benzene rings is 1. The molecule has 5 heteroatoms. The third kappa shape index (κ3) is 3.01. The standard InChI is InChI=1S/C18H19NO4/c1-5-11-19-15(17(23-4)18(19)21)16(20)14(6-2)12-7-9-13(22-3)10-8-12/h1,7-10,15-17,20H,2,11H2,3-4H3/t15-,16+,17+/m0/s1. The summed E-state index contributed by atoms with van der Waals surface area (Å²) in [6.45, 7) is 3.76. The van der Waals surface area contributed by atoms with Gasteiger partial charge in [-0.3, -0.25) is 4.79 Å². The van der Waals surface area contributed by atoms with E-state index in [1.54, 1.807) is 31.4 Å². The number of carbonyl (C=O) groups excluding carboxylic acids is 1. The Kier molecular flexibility index (Phi) is 5.25. The first-order chi connectivity index (χ1) is 11.1. The van der Waals surface area contributed by atoms with E-state index in [2.05, 4.69) is 18.2 Å². The molecule has 0 radical (unpaired) electrons. The van der Waals surface area contributed by atoms with Gasteiger partial charge in [0.05, 0.1) is 19.7 Å². The number of aliphatic hydroxyl groups excluding tert-OH is 1. The van der Waals surface area contributed by atoms with Gasteiger partial charge in [-0.25, -0.2) is 0 Å². The third-order valence-corrected chi connectivity index (χ3v) is 3.92. The van der Waals surface area contributed by atoms with Crippen molar-refractivity contribution in [1.29, 1.82) is 0 Å². The molecule has 0 saturated carbocycles. The highest BCUT2D eigenvalue weighted by Gasteiger charge is 2.51. The summed E-state index contributed by atoms with van der Waals surface area (Å²) in [5.41, 5.74) is 3.98. The summed E-state index contributed by atoms with van der Waals surface area (Å²) in [5.74, 6) is 2.89. The Morgan fingerprint density at radius 1 is 1.43 bits per heavy atom. The van der Waals surface area contributed by atoms with E-state index < -0.39 is 18.2 Å². The van der Waals surface area contributed by atoms with Gasteiger partial charge in [-0.2, -0.15) is 0 Å². The average molecular weight is 313 g/mol. The maximum Gasteiger partial charge on any atom is 0.255 e. The summed E-state index contributed by atoms with van der Waals surface area (Å²) >= 11 is 0. The number of carbonyl (C=O) groups is 1. The van der Waals surface area contributed by atoms with Gasteiger partial charge in [0.2, 0.25) is 0 Å². The Labute approximate surface area is 135 Å². The van der Waals surface area contributed by atoms with Crippen molar-refractivity contribution >= 4 is 11.5 Å². The summed E-state index contributed by atoms with van der Waals surface area (Å²) in [6.07, 6.45) is 3.56. The molecule has 0 aromatic heterocycles. The van der Waals surface area contributed by atoms with Crippen molar-refractivity contribution in [3.8, 4) is 18.1 Å². The second-order valence-electron chi connectivity index (χ2n) is 5.08. The average Bonchev–Trinajstić information content (AvgIpc) is 2.58. The smallest absolute Gasteiger partial charge is 0.255 e. The van der Waals surface area contributed by atoms with Gasteiger partial charge in [0.25, 0.3) is 5.91 Å². The molecule has 1 aliphatic rings. The molecule has 0 unspecified atom stereocenters. The number of hydrogen-bond acceptors (Lipinski definition) is 4. The number of amides is 1. The van der Waals surface area contributed by atoms with Gasteiger partial charge in [-0.05, 0) is 17.7 Å². The van der Waals surface area contributed by atoms with Crippen molar-refractivity contribution in [3.05, 3.63) is 42.1 Å². The van der Waals surface area contributed by atoms with E-state index in [-0.39, 0.29) is 12.5 Å². The van der Waals surface area contributed by atoms with Gasteiger partial charge in [-0.15, -0.1) is 12.2 Å². The van der Waals surface area contributed by atoms with Crippen LogP contribution in [0.1, 0.15) is 5.56 Å². The molecule has 3 atom stereocenters. The first-order valence-electron chi connectivity index (χ1n) is 7.08. The molecule has 120 valence electrons. The molecular formula is C18H19NO4. The zero-order valence-electron chi connectivity index (χ0n) is 13.2. The molecule has 0 bridgehead atoms. The fourth-order valence-electron chi connectivity index (χ4n) is 2.71. The first kappa shape index (κ1) is 16.9. The Balaban J connectivity index is 2.28. The lowest BCUT2D eigenvalue weighted by Gasteiger charge is -2.47. The van der Waals surface area contributed by atoms with Crippen LogP contribution in [-0.4, -0.2) is 54.9 Å². The predicted octanol–water partition coefficient (Wildman–Crippen LogP) is 1.08. The van der Waals surface area contributed by atoms with Crippen molar-refractivity contribution in [2.45, 2.75) is 18.2 Å². The number of β-lactam (4-membered cyclic amide) rings is 1. The summed E-state index contributed by atoms with van der Waals surface area (Å²) in [5, 5.41) is 10.7. The number of rotatable bonds is 6. The van der Waals surface area contributed by atoms with Crippen LogP contribution in [0, 0.1) is 12.3 Å². The normalized spacial score (nSPS) is 21.0. The van der Waals surface area contributed by atoms with Crippen LogP contribution in [0.15, 0.2) is 36.6 Å².